The number of hydrogen-bond acceptors (Lipinski definition) is 3. The largest absolute Gasteiger partial charge is 0.374 e. The van der Waals surface area contributed by atoms with Crippen LogP contribution in [0.5, 0.6) is 0 Å². The number of carbonyl (C=O) groups excluding carboxylic acids is 2. The minimum absolute atomic E-state index is 0.136. The number of amides is 2. The highest BCUT2D eigenvalue weighted by molar-refractivity contribution is 6.35. The van der Waals surface area contributed by atoms with Gasteiger partial charge < -0.3 is 16.0 Å². The van der Waals surface area contributed by atoms with E-state index in [9.17, 15) is 9.59 Å². The van der Waals surface area contributed by atoms with E-state index < -0.39 is 6.04 Å². The van der Waals surface area contributed by atoms with Gasteiger partial charge in [-0.1, -0.05) is 23.2 Å². The molecular formula is C17H17Cl2N3O2. The zero-order chi connectivity index (χ0) is 17.7. The fourth-order valence-corrected chi connectivity index (χ4v) is 2.57. The maximum atomic E-state index is 12.2. The fraction of sp³-hybridized carbons (Fsp3) is 0.176. The van der Waals surface area contributed by atoms with Gasteiger partial charge in [0.05, 0.1) is 0 Å². The van der Waals surface area contributed by atoms with Gasteiger partial charge in [0.25, 0.3) is 0 Å². The second-order valence-corrected chi connectivity index (χ2v) is 6.14. The van der Waals surface area contributed by atoms with Crippen LogP contribution in [0.3, 0.4) is 0 Å². The van der Waals surface area contributed by atoms with Crippen LogP contribution < -0.4 is 16.0 Å². The average molecular weight is 366 g/mol. The van der Waals surface area contributed by atoms with E-state index in [0.717, 1.165) is 5.69 Å². The predicted molar refractivity (Wildman–Crippen MR) is 98.9 cm³/mol. The number of carbonyl (C=O) groups is 2. The van der Waals surface area contributed by atoms with Gasteiger partial charge in [-0.25, -0.2) is 0 Å². The Balaban J connectivity index is 1.97. The number of benzene rings is 2. The monoisotopic (exact) mass is 365 g/mol. The molecule has 7 heteroatoms. The van der Waals surface area contributed by atoms with Gasteiger partial charge in [0.1, 0.15) is 6.04 Å². The van der Waals surface area contributed by atoms with Gasteiger partial charge in [-0.15, -0.1) is 0 Å². The van der Waals surface area contributed by atoms with Crippen LogP contribution >= 0.6 is 23.2 Å². The molecule has 0 saturated heterocycles. The Labute approximate surface area is 150 Å². The van der Waals surface area contributed by atoms with Crippen molar-refractivity contribution in [1.82, 2.24) is 0 Å². The maximum Gasteiger partial charge on any atom is 0.246 e. The van der Waals surface area contributed by atoms with Crippen LogP contribution in [-0.2, 0) is 9.59 Å². The second kappa shape index (κ2) is 8.04. The van der Waals surface area contributed by atoms with Crippen molar-refractivity contribution < 1.29 is 9.59 Å². The first kappa shape index (κ1) is 18.1. The fourth-order valence-electron chi connectivity index (χ4n) is 2.05. The molecule has 3 N–H and O–H groups in total. The molecule has 0 unspecified atom stereocenters. The summed E-state index contributed by atoms with van der Waals surface area (Å²) in [5, 5.41) is 9.42. The van der Waals surface area contributed by atoms with E-state index in [-0.39, 0.29) is 11.8 Å². The van der Waals surface area contributed by atoms with Crippen LogP contribution in [0, 0.1) is 0 Å². The third-order valence-electron chi connectivity index (χ3n) is 3.11. The Bertz CT molecular complexity index is 728. The molecular weight excluding hydrogens is 349 g/mol. The van der Waals surface area contributed by atoms with Crippen LogP contribution in [0.25, 0.3) is 0 Å². The molecule has 0 bridgehead atoms. The van der Waals surface area contributed by atoms with Crippen molar-refractivity contribution >= 4 is 52.1 Å². The molecule has 0 spiro atoms. The van der Waals surface area contributed by atoms with E-state index in [0.29, 0.717) is 21.4 Å². The first-order valence-electron chi connectivity index (χ1n) is 7.24. The number of halogens is 2. The van der Waals surface area contributed by atoms with Gasteiger partial charge in [0.2, 0.25) is 11.8 Å². The summed E-state index contributed by atoms with van der Waals surface area (Å²) in [5.41, 5.74) is 1.99. The quantitative estimate of drug-likeness (QED) is 0.735. The Hall–Kier alpha value is -2.24. The lowest BCUT2D eigenvalue weighted by molar-refractivity contribution is -0.116. The van der Waals surface area contributed by atoms with E-state index in [1.54, 1.807) is 49.4 Å². The summed E-state index contributed by atoms with van der Waals surface area (Å²) in [5.74, 6) is -0.358. The highest BCUT2D eigenvalue weighted by atomic mass is 35.5. The molecule has 2 amide bonds. The smallest absolute Gasteiger partial charge is 0.246 e. The van der Waals surface area contributed by atoms with Crippen molar-refractivity contribution in [3.63, 3.8) is 0 Å². The molecule has 2 rings (SSSR count). The molecule has 0 saturated carbocycles. The molecule has 24 heavy (non-hydrogen) atoms. The summed E-state index contributed by atoms with van der Waals surface area (Å²) >= 11 is 11.8. The molecule has 0 aliphatic heterocycles. The normalized spacial score (nSPS) is 11.5. The second-order valence-electron chi connectivity index (χ2n) is 5.27. The molecule has 0 heterocycles. The summed E-state index contributed by atoms with van der Waals surface area (Å²) in [6.07, 6.45) is 0. The number of anilines is 3. The van der Waals surface area contributed by atoms with Crippen molar-refractivity contribution in [2.24, 2.45) is 0 Å². The van der Waals surface area contributed by atoms with Gasteiger partial charge >= 0.3 is 0 Å². The highest BCUT2D eigenvalue weighted by Crippen LogP contribution is 2.22. The zero-order valence-corrected chi connectivity index (χ0v) is 14.7. The van der Waals surface area contributed by atoms with Crippen molar-refractivity contribution in [3.05, 3.63) is 52.5 Å². The summed E-state index contributed by atoms with van der Waals surface area (Å²) in [4.78, 5) is 23.2. The van der Waals surface area contributed by atoms with E-state index in [1.165, 1.54) is 6.92 Å². The molecule has 2 aromatic carbocycles. The summed E-state index contributed by atoms with van der Waals surface area (Å²) in [6.45, 7) is 3.18. The van der Waals surface area contributed by atoms with Gasteiger partial charge in [0.15, 0.2) is 0 Å². The van der Waals surface area contributed by atoms with E-state index in [4.69, 9.17) is 23.2 Å². The molecule has 0 radical (unpaired) electrons. The van der Waals surface area contributed by atoms with Crippen molar-refractivity contribution in [2.45, 2.75) is 19.9 Å². The number of rotatable bonds is 5. The predicted octanol–water partition coefficient (Wildman–Crippen LogP) is 4.39. The van der Waals surface area contributed by atoms with Gasteiger partial charge in [-0.05, 0) is 49.4 Å². The van der Waals surface area contributed by atoms with Crippen LogP contribution in [-0.4, -0.2) is 17.9 Å². The lowest BCUT2D eigenvalue weighted by Gasteiger charge is -2.16. The molecule has 0 fully saturated rings. The molecule has 126 valence electrons. The molecule has 2 aromatic rings. The maximum absolute atomic E-state index is 12.2. The van der Waals surface area contributed by atoms with Crippen LogP contribution in [0.4, 0.5) is 17.1 Å². The number of hydrogen-bond donors (Lipinski definition) is 3. The summed E-state index contributed by atoms with van der Waals surface area (Å²) in [7, 11) is 0. The van der Waals surface area contributed by atoms with Crippen LogP contribution in [0.15, 0.2) is 42.5 Å². The lowest BCUT2D eigenvalue weighted by Crippen LogP contribution is -2.31. The summed E-state index contributed by atoms with van der Waals surface area (Å²) in [6, 6.07) is 11.4. The SMILES string of the molecule is CC(=O)Nc1ccc(N[C@H](C)C(=O)Nc2cc(Cl)cc(Cl)c2)cc1. The Morgan fingerprint density at radius 1 is 0.875 bits per heavy atom. The minimum atomic E-state index is -0.477. The van der Waals surface area contributed by atoms with Gasteiger partial charge in [-0.3, -0.25) is 9.59 Å². The minimum Gasteiger partial charge on any atom is -0.374 e. The van der Waals surface area contributed by atoms with Crippen LogP contribution in [0.1, 0.15) is 13.8 Å². The molecule has 1 atom stereocenters. The van der Waals surface area contributed by atoms with Crippen molar-refractivity contribution in [3.8, 4) is 0 Å². The third kappa shape index (κ3) is 5.44. The van der Waals surface area contributed by atoms with E-state index >= 15 is 0 Å². The van der Waals surface area contributed by atoms with Gasteiger partial charge in [-0.2, -0.15) is 0 Å². The highest BCUT2D eigenvalue weighted by Gasteiger charge is 2.13. The van der Waals surface area contributed by atoms with E-state index in [1.807, 2.05) is 0 Å². The first-order chi connectivity index (χ1) is 11.3. The first-order valence-corrected chi connectivity index (χ1v) is 8.00. The average Bonchev–Trinajstić information content (AvgIpc) is 2.47. The molecule has 0 aliphatic carbocycles. The Morgan fingerprint density at radius 3 is 1.96 bits per heavy atom. The zero-order valence-electron chi connectivity index (χ0n) is 13.2. The van der Waals surface area contributed by atoms with E-state index in [2.05, 4.69) is 16.0 Å². The lowest BCUT2D eigenvalue weighted by atomic mass is 10.2. The Kier molecular flexibility index (Phi) is 6.06. The topological polar surface area (TPSA) is 70.2 Å². The Morgan fingerprint density at radius 2 is 1.42 bits per heavy atom. The van der Waals surface area contributed by atoms with Gasteiger partial charge in [0, 0.05) is 34.0 Å². The summed E-state index contributed by atoms with van der Waals surface area (Å²) < 4.78 is 0. The van der Waals surface area contributed by atoms with Crippen LogP contribution in [0.2, 0.25) is 10.0 Å². The standard InChI is InChI=1S/C17H17Cl2N3O2/c1-10(17(24)22-16-8-12(18)7-13(19)9-16)20-14-3-5-15(6-4-14)21-11(2)23/h3-10,20H,1-2H3,(H,21,23)(H,22,24)/t10-/m1/s1. The van der Waals surface area contributed by atoms with Crippen molar-refractivity contribution in [2.75, 3.05) is 16.0 Å². The third-order valence-corrected chi connectivity index (χ3v) is 3.55. The molecule has 0 aromatic heterocycles. The molecule has 0 aliphatic rings. The molecule has 5 nitrogen and oxygen atoms in total. The van der Waals surface area contributed by atoms with Crippen molar-refractivity contribution in [1.29, 1.82) is 0 Å². The number of nitrogens with one attached hydrogen (secondary N) is 3.